The second kappa shape index (κ2) is 20.5. The number of nitrogens with zero attached hydrogens (tertiary/aromatic N) is 3. The molecule has 12 rings (SSSR count). The number of rotatable bonds is 12. The predicted octanol–water partition coefficient (Wildman–Crippen LogP) is 19.2. The van der Waals surface area contributed by atoms with Crippen molar-refractivity contribution < 1.29 is 7.85 Å². The van der Waals surface area contributed by atoms with Gasteiger partial charge in [-0.15, -0.1) is 0 Å². The third kappa shape index (κ3) is 9.81. The van der Waals surface area contributed by atoms with Crippen LogP contribution >= 0.6 is 0 Å². The van der Waals surface area contributed by atoms with E-state index >= 15 is 0 Å². The van der Waals surface area contributed by atoms with Crippen molar-refractivity contribution >= 4 is 11.0 Å². The van der Waals surface area contributed by atoms with Gasteiger partial charge in [0.15, 0.2) is 0 Å². The van der Waals surface area contributed by atoms with Gasteiger partial charge in [-0.25, -0.2) is 4.98 Å². The lowest BCUT2D eigenvalue weighted by Crippen LogP contribution is -2.18. The van der Waals surface area contributed by atoms with Crippen LogP contribution in [0.4, 0.5) is 0 Å². The maximum absolute atomic E-state index is 12.8. The van der Waals surface area contributed by atoms with Gasteiger partial charge in [-0.05, 0) is 140 Å². The van der Waals surface area contributed by atoms with Gasteiger partial charge in [0.1, 0.15) is 11.6 Å². The Morgan fingerprint density at radius 1 is 0.481 bits per heavy atom. The van der Waals surface area contributed by atoms with Gasteiger partial charge < -0.3 is 5.11 Å². The van der Waals surface area contributed by atoms with Crippen molar-refractivity contribution in [3.8, 4) is 89.7 Å². The van der Waals surface area contributed by atoms with Crippen molar-refractivity contribution in [3.05, 3.63) is 253 Å². The first-order valence-electron chi connectivity index (χ1n) is 28.2. The maximum Gasteiger partial charge on any atom is 0.149 e. The van der Waals surface area contributed by atoms with E-state index in [1.54, 1.807) is 0 Å². The van der Waals surface area contributed by atoms with E-state index in [0.29, 0.717) is 17.0 Å². The van der Waals surface area contributed by atoms with Crippen molar-refractivity contribution in [3.63, 3.8) is 0 Å². The first kappa shape index (κ1) is 46.9. The highest BCUT2D eigenvalue weighted by Crippen LogP contribution is 2.46. The fourth-order valence-electron chi connectivity index (χ4n) is 11.4. The number of para-hydroxylation sites is 1. The van der Waals surface area contributed by atoms with Gasteiger partial charge >= 0.3 is 0 Å². The molecule has 77 heavy (non-hydrogen) atoms. The van der Waals surface area contributed by atoms with E-state index in [4.69, 9.17) is 9.97 Å². The molecule has 0 aliphatic heterocycles. The van der Waals surface area contributed by atoms with Crippen LogP contribution in [-0.2, 0) is 17.2 Å². The quantitative estimate of drug-likeness (QED) is 0.133. The first-order chi connectivity index (χ1) is 38.2. The van der Waals surface area contributed by atoms with E-state index in [9.17, 15) is 7.85 Å². The van der Waals surface area contributed by atoms with Gasteiger partial charge in [0, 0.05) is 36.6 Å². The highest BCUT2D eigenvalue weighted by Gasteiger charge is 2.28. The summed E-state index contributed by atoms with van der Waals surface area (Å²) >= 11 is 0. The standard InChI is InChI=1S/C73H65N3O/c1-72(2,3)61-47-64(54-27-14-8-15-28-54)70(77)65(48-61)71-75-69-62(31-20-32-68(69)76(71)67-38-33-50(41-49-21-18-19-22-49)42-63(67)53-25-12-7-13-26-53)57-43-56(51-23-10-6-11-24-51)44-58(45-57)66-46-55(39-40-74-66)52-34-36-60(37-35-52)73(4,5)59-29-16-9-17-30-59/h6-17,20,23-40,42-49,77H,18-19,21-22,41H2,1-5H3/i41D2. The second-order valence-corrected chi connectivity index (χ2v) is 22.4. The summed E-state index contributed by atoms with van der Waals surface area (Å²) in [4.78, 5) is 10.8. The number of hydrogen-bond donors (Lipinski definition) is 1. The van der Waals surface area contributed by atoms with Crippen LogP contribution in [0, 0.1) is 5.92 Å². The smallest absolute Gasteiger partial charge is 0.149 e. The van der Waals surface area contributed by atoms with Gasteiger partial charge in [0.25, 0.3) is 0 Å². The number of hydrogen-bond acceptors (Lipinski definition) is 3. The van der Waals surface area contributed by atoms with Gasteiger partial charge in [-0.2, -0.15) is 0 Å². The van der Waals surface area contributed by atoms with E-state index in [1.165, 1.54) is 11.1 Å². The van der Waals surface area contributed by atoms with Gasteiger partial charge in [-0.3, -0.25) is 9.55 Å². The summed E-state index contributed by atoms with van der Waals surface area (Å²) in [6, 6.07) is 78.3. The Morgan fingerprint density at radius 3 is 1.74 bits per heavy atom. The lowest BCUT2D eigenvalue weighted by Gasteiger charge is -2.26. The molecule has 4 nitrogen and oxygen atoms in total. The summed E-state index contributed by atoms with van der Waals surface area (Å²) in [5, 5.41) is 12.8. The first-order valence-corrected chi connectivity index (χ1v) is 27.2. The average Bonchev–Trinajstić information content (AvgIpc) is 4.41. The molecule has 1 saturated carbocycles. The van der Waals surface area contributed by atoms with Crippen LogP contribution < -0.4 is 0 Å². The highest BCUT2D eigenvalue weighted by atomic mass is 16.3. The monoisotopic (exact) mass is 1000 g/mol. The van der Waals surface area contributed by atoms with Gasteiger partial charge in [-0.1, -0.05) is 224 Å². The van der Waals surface area contributed by atoms with E-state index in [-0.39, 0.29) is 22.5 Å². The van der Waals surface area contributed by atoms with Crippen molar-refractivity contribution in [1.82, 2.24) is 14.5 Å². The zero-order chi connectivity index (χ0) is 54.5. The minimum Gasteiger partial charge on any atom is -0.507 e. The molecular weight excluding hydrogens is 935 g/mol. The summed E-state index contributed by atoms with van der Waals surface area (Å²) < 4.78 is 21.4. The lowest BCUT2D eigenvalue weighted by atomic mass is 9.78. The Labute approximate surface area is 457 Å². The van der Waals surface area contributed by atoms with Crippen LogP contribution in [0.1, 0.15) is 85.3 Å². The number of imidazole rings is 1. The number of benzene rings is 9. The van der Waals surface area contributed by atoms with Crippen molar-refractivity contribution in [2.24, 2.45) is 5.92 Å². The summed E-state index contributed by atoms with van der Waals surface area (Å²) in [5.41, 5.74) is 18.4. The van der Waals surface area contributed by atoms with E-state index < -0.39 is 6.37 Å². The molecule has 0 atom stereocenters. The minimum atomic E-state index is -1.52. The minimum absolute atomic E-state index is 0.0544. The molecule has 0 saturated heterocycles. The fourth-order valence-corrected chi connectivity index (χ4v) is 11.4. The molecular formula is C73H65N3O. The van der Waals surface area contributed by atoms with E-state index in [1.807, 2.05) is 66.9 Å². The normalized spacial score (nSPS) is 13.7. The van der Waals surface area contributed by atoms with Gasteiger partial charge in [0.2, 0.25) is 0 Å². The molecule has 0 bridgehead atoms. The zero-order valence-electron chi connectivity index (χ0n) is 46.6. The largest absolute Gasteiger partial charge is 0.507 e. The number of aromatic hydroxyl groups is 1. The van der Waals surface area contributed by atoms with Crippen molar-refractivity contribution in [2.45, 2.75) is 77.5 Å². The summed E-state index contributed by atoms with van der Waals surface area (Å²) in [6.45, 7) is 11.2. The van der Waals surface area contributed by atoms with Crippen molar-refractivity contribution in [2.75, 3.05) is 0 Å². The molecule has 2 heterocycles. The van der Waals surface area contributed by atoms with Crippen LogP contribution in [0.2, 0.25) is 0 Å². The van der Waals surface area contributed by atoms with Crippen LogP contribution in [0.5, 0.6) is 5.75 Å². The third-order valence-electron chi connectivity index (χ3n) is 15.9. The van der Waals surface area contributed by atoms with Crippen LogP contribution in [-0.4, -0.2) is 19.6 Å². The maximum atomic E-state index is 12.8. The molecule has 1 aliphatic carbocycles. The molecule has 0 unspecified atom stereocenters. The Hall–Kier alpha value is -8.60. The SMILES string of the molecule is [2H]C([2H])(c1ccc(-n2c(-c3cc(C(C)(C)C)cc(-c4ccccc4)c3O)nc3c(-c4cc(-c5ccccc5)cc(-c5cc(-c6ccc(C(C)(C)c7ccccc7)cc6)ccn5)c4)cccc32)c(-c2ccccc2)c1)C1CCCC1. The van der Waals surface area contributed by atoms with Crippen molar-refractivity contribution in [1.29, 1.82) is 0 Å². The summed E-state index contributed by atoms with van der Waals surface area (Å²) in [6.07, 6.45) is 4.23. The Kier molecular flexibility index (Phi) is 12.5. The molecule has 0 spiro atoms. The Morgan fingerprint density at radius 2 is 1.06 bits per heavy atom. The Bertz CT molecular complexity index is 3990. The third-order valence-corrected chi connectivity index (χ3v) is 15.9. The molecule has 0 radical (unpaired) electrons. The molecule has 1 N–H and O–H groups in total. The number of phenolic OH excluding ortho intramolecular Hbond substituents is 1. The lowest BCUT2D eigenvalue weighted by molar-refractivity contribution is 0.477. The number of pyridine rings is 1. The number of fused-ring (bicyclic) bond motifs is 1. The highest BCUT2D eigenvalue weighted by molar-refractivity contribution is 5.99. The molecule has 2 aromatic heterocycles. The molecule has 1 fully saturated rings. The van der Waals surface area contributed by atoms with Gasteiger partial charge in [0.05, 0.1) is 28.0 Å². The molecule has 9 aromatic carbocycles. The van der Waals surface area contributed by atoms with E-state index in [0.717, 1.165) is 115 Å². The predicted molar refractivity (Wildman–Crippen MR) is 322 cm³/mol. The molecule has 0 amide bonds. The average molecular weight is 1000 g/mol. The van der Waals surface area contributed by atoms with E-state index in [2.05, 4.69) is 203 Å². The summed E-state index contributed by atoms with van der Waals surface area (Å²) in [5.74, 6) is 0.668. The fraction of sp³-hybridized carbons (Fsp3) is 0.178. The molecule has 11 aromatic rings. The van der Waals surface area contributed by atoms with Crippen LogP contribution in [0.25, 0.3) is 95.0 Å². The molecule has 378 valence electrons. The van der Waals surface area contributed by atoms with Crippen LogP contribution in [0.15, 0.2) is 231 Å². The second-order valence-electron chi connectivity index (χ2n) is 22.4. The van der Waals surface area contributed by atoms with Crippen LogP contribution in [0.3, 0.4) is 0 Å². The zero-order valence-corrected chi connectivity index (χ0v) is 44.6. The Balaban J connectivity index is 1.08. The summed E-state index contributed by atoms with van der Waals surface area (Å²) in [7, 11) is 0. The number of phenols is 1. The topological polar surface area (TPSA) is 50.9 Å². The molecule has 1 aliphatic rings. The molecule has 4 heteroatoms. The number of aromatic nitrogens is 3.